The van der Waals surface area contributed by atoms with Crippen LogP contribution in [0.3, 0.4) is 0 Å². The number of hydrogen-bond acceptors (Lipinski definition) is 4. The van der Waals surface area contributed by atoms with Gasteiger partial charge in [0.15, 0.2) is 9.84 Å². The fourth-order valence-electron chi connectivity index (χ4n) is 3.29. The number of carbonyl (C=O) groups is 1. The minimum absolute atomic E-state index is 0.111. The Morgan fingerprint density at radius 1 is 1.15 bits per heavy atom. The molecule has 3 rings (SSSR count). The van der Waals surface area contributed by atoms with Crippen LogP contribution in [0.5, 0.6) is 0 Å². The molecule has 0 saturated heterocycles. The van der Waals surface area contributed by atoms with Crippen molar-refractivity contribution in [2.45, 2.75) is 17.2 Å². The lowest BCUT2D eigenvalue weighted by Crippen LogP contribution is -2.36. The number of carbonyl (C=O) groups excluding carboxylic acids is 1. The van der Waals surface area contributed by atoms with Crippen molar-refractivity contribution in [3.8, 4) is 0 Å². The molecule has 6 nitrogen and oxygen atoms in total. The maximum Gasteiger partial charge on any atom is 0.319 e. The Hall–Kier alpha value is -2.54. The zero-order chi connectivity index (χ0) is 18.7. The van der Waals surface area contributed by atoms with Crippen molar-refractivity contribution in [1.82, 2.24) is 5.32 Å². The van der Waals surface area contributed by atoms with Gasteiger partial charge in [-0.1, -0.05) is 30.3 Å². The second kappa shape index (κ2) is 7.37. The van der Waals surface area contributed by atoms with E-state index in [-0.39, 0.29) is 16.5 Å². The van der Waals surface area contributed by atoms with Gasteiger partial charge < -0.3 is 15.5 Å². The topological polar surface area (TPSA) is 78.5 Å². The molecule has 1 atom stereocenters. The first-order valence-corrected chi connectivity index (χ1v) is 10.4. The van der Waals surface area contributed by atoms with Gasteiger partial charge in [-0.25, -0.2) is 13.2 Å². The van der Waals surface area contributed by atoms with E-state index in [9.17, 15) is 13.2 Å². The van der Waals surface area contributed by atoms with Crippen LogP contribution in [0.2, 0.25) is 0 Å². The summed E-state index contributed by atoms with van der Waals surface area (Å²) in [6, 6.07) is 14.2. The van der Waals surface area contributed by atoms with Crippen LogP contribution >= 0.6 is 0 Å². The van der Waals surface area contributed by atoms with Crippen LogP contribution in [0, 0.1) is 0 Å². The Bertz CT molecular complexity index is 912. The summed E-state index contributed by atoms with van der Waals surface area (Å²) < 4.78 is 23.7. The van der Waals surface area contributed by atoms with Crippen LogP contribution < -0.4 is 15.5 Å². The lowest BCUT2D eigenvalue weighted by molar-refractivity contribution is 0.251. The average molecular weight is 373 g/mol. The lowest BCUT2D eigenvalue weighted by Gasteiger charge is -2.33. The summed E-state index contributed by atoms with van der Waals surface area (Å²) in [5.41, 5.74) is 2.70. The molecule has 0 fully saturated rings. The van der Waals surface area contributed by atoms with Gasteiger partial charge in [-0.2, -0.15) is 0 Å². The number of fused-ring (bicyclic) bond motifs is 1. The van der Waals surface area contributed by atoms with Gasteiger partial charge in [0.1, 0.15) is 0 Å². The Kier molecular flexibility index (Phi) is 5.18. The number of urea groups is 1. The minimum atomic E-state index is -3.41. The third-order valence-corrected chi connectivity index (χ3v) is 5.80. The highest BCUT2D eigenvalue weighted by molar-refractivity contribution is 7.90. The van der Waals surface area contributed by atoms with E-state index in [2.05, 4.69) is 34.7 Å². The molecule has 0 bridgehead atoms. The van der Waals surface area contributed by atoms with Gasteiger partial charge in [0.25, 0.3) is 0 Å². The van der Waals surface area contributed by atoms with Crippen LogP contribution in [-0.4, -0.2) is 40.8 Å². The van der Waals surface area contributed by atoms with E-state index in [4.69, 9.17) is 0 Å². The highest BCUT2D eigenvalue weighted by atomic mass is 32.2. The number of para-hydroxylation sites is 2. The summed E-state index contributed by atoms with van der Waals surface area (Å²) in [4.78, 5) is 14.6. The molecule has 2 aromatic rings. The largest absolute Gasteiger partial charge is 0.374 e. The molecular formula is C19H23N3O3S. The molecular weight excluding hydrogens is 350 g/mol. The molecule has 2 amide bonds. The monoisotopic (exact) mass is 373 g/mol. The van der Waals surface area contributed by atoms with Gasteiger partial charge in [0.2, 0.25) is 0 Å². The van der Waals surface area contributed by atoms with Gasteiger partial charge in [0, 0.05) is 38.0 Å². The fraction of sp³-hybridized carbons (Fsp3) is 0.316. The van der Waals surface area contributed by atoms with E-state index < -0.39 is 15.9 Å². The first-order valence-electron chi connectivity index (χ1n) is 8.50. The predicted molar refractivity (Wildman–Crippen MR) is 104 cm³/mol. The van der Waals surface area contributed by atoms with Crippen molar-refractivity contribution in [2.75, 3.05) is 36.6 Å². The minimum Gasteiger partial charge on any atom is -0.374 e. The van der Waals surface area contributed by atoms with Gasteiger partial charge in [-0.05, 0) is 30.2 Å². The number of amides is 2. The first kappa shape index (κ1) is 18.3. The maximum absolute atomic E-state index is 12.3. The van der Waals surface area contributed by atoms with Crippen LogP contribution in [0.4, 0.5) is 16.2 Å². The highest BCUT2D eigenvalue weighted by Crippen LogP contribution is 2.33. The molecule has 1 unspecified atom stereocenters. The number of anilines is 2. The third-order valence-electron chi connectivity index (χ3n) is 4.64. The highest BCUT2D eigenvalue weighted by Gasteiger charge is 2.23. The molecule has 1 aliphatic rings. The molecule has 1 heterocycles. The van der Waals surface area contributed by atoms with Crippen molar-refractivity contribution in [1.29, 1.82) is 0 Å². The predicted octanol–water partition coefficient (Wildman–Crippen LogP) is 2.84. The molecule has 7 heteroatoms. The van der Waals surface area contributed by atoms with Crippen LogP contribution in [0.1, 0.15) is 17.9 Å². The van der Waals surface area contributed by atoms with Crippen molar-refractivity contribution < 1.29 is 13.2 Å². The summed E-state index contributed by atoms with van der Waals surface area (Å²) in [5, 5.41) is 5.52. The molecule has 0 aliphatic carbocycles. The molecule has 0 spiro atoms. The molecule has 2 N–H and O–H groups in total. The molecule has 2 aromatic carbocycles. The van der Waals surface area contributed by atoms with Crippen LogP contribution in [-0.2, 0) is 9.84 Å². The van der Waals surface area contributed by atoms with E-state index in [1.54, 1.807) is 18.2 Å². The Morgan fingerprint density at radius 3 is 2.62 bits per heavy atom. The molecule has 26 heavy (non-hydrogen) atoms. The van der Waals surface area contributed by atoms with Crippen molar-refractivity contribution in [2.24, 2.45) is 0 Å². The number of benzene rings is 2. The number of nitrogens with zero attached hydrogens (tertiary/aromatic N) is 1. The SMILES string of the molecule is CN1CCC(CNC(=O)Nc2ccccc2S(C)(=O)=O)c2ccccc21. The number of nitrogens with one attached hydrogen (secondary N) is 2. The molecule has 0 saturated carbocycles. The number of rotatable bonds is 4. The summed E-state index contributed by atoms with van der Waals surface area (Å²) in [6.45, 7) is 1.43. The lowest BCUT2D eigenvalue weighted by atomic mass is 9.90. The van der Waals surface area contributed by atoms with E-state index in [1.165, 1.54) is 17.3 Å². The zero-order valence-corrected chi connectivity index (χ0v) is 15.7. The second-order valence-electron chi connectivity index (χ2n) is 6.57. The summed E-state index contributed by atoms with van der Waals surface area (Å²) in [5.74, 6) is 0.235. The van der Waals surface area contributed by atoms with Crippen molar-refractivity contribution in [3.05, 3.63) is 54.1 Å². The van der Waals surface area contributed by atoms with E-state index in [0.29, 0.717) is 6.54 Å². The third kappa shape index (κ3) is 3.99. The van der Waals surface area contributed by atoms with Crippen molar-refractivity contribution in [3.63, 3.8) is 0 Å². The van der Waals surface area contributed by atoms with E-state index in [1.807, 2.05) is 12.1 Å². The Morgan fingerprint density at radius 2 is 1.85 bits per heavy atom. The summed E-state index contributed by atoms with van der Waals surface area (Å²) in [7, 11) is -1.34. The zero-order valence-electron chi connectivity index (χ0n) is 14.9. The van der Waals surface area contributed by atoms with Crippen molar-refractivity contribution >= 4 is 27.2 Å². The molecule has 0 aromatic heterocycles. The normalized spacial score (nSPS) is 16.7. The molecule has 138 valence electrons. The van der Waals surface area contributed by atoms with Crippen LogP contribution in [0.25, 0.3) is 0 Å². The van der Waals surface area contributed by atoms with Gasteiger partial charge in [-0.3, -0.25) is 0 Å². The van der Waals surface area contributed by atoms with E-state index in [0.717, 1.165) is 19.2 Å². The number of sulfone groups is 1. The average Bonchev–Trinajstić information content (AvgIpc) is 2.61. The van der Waals surface area contributed by atoms with Gasteiger partial charge in [0.05, 0.1) is 10.6 Å². The maximum atomic E-state index is 12.3. The standard InChI is InChI=1S/C19H23N3O3S/c1-22-12-11-14(15-7-3-5-9-17(15)22)13-20-19(23)21-16-8-4-6-10-18(16)26(2,24)25/h3-10,14H,11-13H2,1-2H3,(H2,20,21,23). The summed E-state index contributed by atoms with van der Waals surface area (Å²) >= 11 is 0. The van der Waals surface area contributed by atoms with Crippen LogP contribution in [0.15, 0.2) is 53.4 Å². The van der Waals surface area contributed by atoms with Gasteiger partial charge >= 0.3 is 6.03 Å². The number of hydrogen-bond donors (Lipinski definition) is 2. The Labute approximate surface area is 154 Å². The first-order chi connectivity index (χ1) is 12.4. The fourth-order valence-corrected chi connectivity index (χ4v) is 4.14. The second-order valence-corrected chi connectivity index (χ2v) is 8.55. The van der Waals surface area contributed by atoms with E-state index >= 15 is 0 Å². The quantitative estimate of drug-likeness (QED) is 0.864. The summed E-state index contributed by atoms with van der Waals surface area (Å²) in [6.07, 6.45) is 2.08. The van der Waals surface area contributed by atoms with Gasteiger partial charge in [-0.15, -0.1) is 0 Å². The smallest absolute Gasteiger partial charge is 0.319 e. The molecule has 0 radical (unpaired) electrons. The Balaban J connectivity index is 1.67. The molecule has 1 aliphatic heterocycles.